The minimum Gasteiger partial charge on any atom is -0.394 e. The Morgan fingerprint density at radius 2 is 2.00 bits per heavy atom. The van der Waals surface area contributed by atoms with Gasteiger partial charge in [0, 0.05) is 5.02 Å². The molecule has 0 saturated heterocycles. The molecule has 1 rings (SSSR count). The monoisotopic (exact) mass is 247 g/mol. The van der Waals surface area contributed by atoms with E-state index >= 15 is 0 Å². The summed E-state index contributed by atoms with van der Waals surface area (Å²) in [6, 6.07) is 5.27. The molecule has 0 spiro atoms. The van der Waals surface area contributed by atoms with E-state index in [2.05, 4.69) is 5.32 Å². The molecule has 0 aliphatic heterocycles. The van der Waals surface area contributed by atoms with Gasteiger partial charge in [-0.2, -0.15) is 0 Å². The quantitative estimate of drug-likeness (QED) is 0.855. The van der Waals surface area contributed by atoms with E-state index < -0.39 is 0 Å². The molecule has 0 aromatic heterocycles. The minimum absolute atomic E-state index is 0.00340. The molecule has 1 aromatic carbocycles. The van der Waals surface area contributed by atoms with Gasteiger partial charge in [-0.1, -0.05) is 37.0 Å². The van der Waals surface area contributed by atoms with Gasteiger partial charge in [0.25, 0.3) is 0 Å². The van der Waals surface area contributed by atoms with Gasteiger partial charge in [-0.3, -0.25) is 0 Å². The van der Waals surface area contributed by atoms with Crippen LogP contribution in [0.3, 0.4) is 0 Å². The highest BCUT2D eigenvalue weighted by atomic mass is 35.5. The average Bonchev–Trinajstić information content (AvgIpc) is 2.16. The summed E-state index contributed by atoms with van der Waals surface area (Å²) in [4.78, 5) is 0. The van der Waals surface area contributed by atoms with Crippen LogP contribution in [0.5, 0.6) is 0 Å². The van der Waals surface area contributed by atoms with Crippen LogP contribution in [0.15, 0.2) is 18.2 Å². The zero-order valence-electron chi connectivity index (χ0n) is 8.80. The Hall–Kier alpha value is -0.440. The summed E-state index contributed by atoms with van der Waals surface area (Å²) < 4.78 is 0. The van der Waals surface area contributed by atoms with E-state index in [0.29, 0.717) is 16.0 Å². The topological polar surface area (TPSA) is 32.3 Å². The molecule has 15 heavy (non-hydrogen) atoms. The number of nitrogens with one attached hydrogen (secondary N) is 1. The minimum atomic E-state index is 0.00340. The first kappa shape index (κ1) is 12.6. The predicted octanol–water partition coefficient (Wildman–Crippen LogP) is 3.42. The lowest BCUT2D eigenvalue weighted by molar-refractivity contribution is 0.249. The lowest BCUT2D eigenvalue weighted by Gasteiger charge is -2.21. The fourth-order valence-corrected chi connectivity index (χ4v) is 1.69. The molecule has 0 aliphatic carbocycles. The van der Waals surface area contributed by atoms with Crippen molar-refractivity contribution < 1.29 is 5.11 Å². The number of anilines is 1. The Bertz CT molecular complexity index is 328. The maximum absolute atomic E-state index is 9.17. The average molecular weight is 248 g/mol. The number of benzene rings is 1. The van der Waals surface area contributed by atoms with E-state index in [0.717, 1.165) is 5.69 Å². The molecule has 1 atom stereocenters. The maximum Gasteiger partial charge on any atom is 0.0652 e. The Kier molecular flexibility index (Phi) is 4.71. The Labute approximate surface area is 100 Å². The molecule has 0 amide bonds. The van der Waals surface area contributed by atoms with Gasteiger partial charge in [-0.25, -0.2) is 0 Å². The van der Waals surface area contributed by atoms with Crippen molar-refractivity contribution in [1.82, 2.24) is 0 Å². The van der Waals surface area contributed by atoms with Gasteiger partial charge in [-0.15, -0.1) is 0 Å². The Morgan fingerprint density at radius 1 is 1.33 bits per heavy atom. The third-order valence-corrected chi connectivity index (χ3v) is 2.82. The van der Waals surface area contributed by atoms with Crippen molar-refractivity contribution in [3.05, 3.63) is 28.2 Å². The number of rotatable bonds is 4. The molecule has 0 bridgehead atoms. The zero-order chi connectivity index (χ0) is 11.4. The first-order valence-electron chi connectivity index (χ1n) is 4.87. The molecule has 84 valence electrons. The fraction of sp³-hybridized carbons (Fsp3) is 0.455. The molecule has 0 heterocycles. The van der Waals surface area contributed by atoms with E-state index in [1.807, 2.05) is 19.9 Å². The van der Waals surface area contributed by atoms with Crippen molar-refractivity contribution in [2.24, 2.45) is 5.92 Å². The van der Waals surface area contributed by atoms with Gasteiger partial charge in [-0.05, 0) is 24.1 Å². The van der Waals surface area contributed by atoms with Crippen molar-refractivity contribution in [3.63, 3.8) is 0 Å². The lowest BCUT2D eigenvalue weighted by Crippen LogP contribution is -2.29. The molecule has 1 unspecified atom stereocenters. The first-order chi connectivity index (χ1) is 7.04. The summed E-state index contributed by atoms with van der Waals surface area (Å²) in [6.07, 6.45) is 0. The summed E-state index contributed by atoms with van der Waals surface area (Å²) in [5.74, 6) is 0.335. The summed E-state index contributed by atoms with van der Waals surface area (Å²) in [7, 11) is 0. The van der Waals surface area contributed by atoms with Crippen LogP contribution in [-0.4, -0.2) is 17.8 Å². The Balaban J connectivity index is 2.79. The van der Waals surface area contributed by atoms with Crippen molar-refractivity contribution in [2.75, 3.05) is 11.9 Å². The van der Waals surface area contributed by atoms with Crippen LogP contribution in [0.2, 0.25) is 10.0 Å². The fourth-order valence-electron chi connectivity index (χ4n) is 1.23. The number of hydrogen-bond donors (Lipinski definition) is 2. The van der Waals surface area contributed by atoms with Crippen LogP contribution in [0.25, 0.3) is 0 Å². The van der Waals surface area contributed by atoms with Crippen LogP contribution in [0.1, 0.15) is 13.8 Å². The Morgan fingerprint density at radius 3 is 2.47 bits per heavy atom. The SMILES string of the molecule is CC(C)C(CO)Nc1ccc(Cl)cc1Cl. The maximum atomic E-state index is 9.17. The number of hydrogen-bond acceptors (Lipinski definition) is 2. The van der Waals surface area contributed by atoms with Crippen molar-refractivity contribution in [3.8, 4) is 0 Å². The molecule has 0 radical (unpaired) electrons. The highest BCUT2D eigenvalue weighted by molar-refractivity contribution is 6.36. The lowest BCUT2D eigenvalue weighted by atomic mass is 10.1. The molecule has 0 fully saturated rings. The molecular weight excluding hydrogens is 233 g/mol. The van der Waals surface area contributed by atoms with Crippen molar-refractivity contribution >= 4 is 28.9 Å². The molecule has 2 nitrogen and oxygen atoms in total. The summed E-state index contributed by atoms with van der Waals surface area (Å²) >= 11 is 11.8. The van der Waals surface area contributed by atoms with Crippen LogP contribution < -0.4 is 5.32 Å². The molecule has 2 N–H and O–H groups in total. The summed E-state index contributed by atoms with van der Waals surface area (Å²) in [5, 5.41) is 13.5. The number of halogens is 2. The standard InChI is InChI=1S/C11H15Cl2NO/c1-7(2)11(6-15)14-10-4-3-8(12)5-9(10)13/h3-5,7,11,14-15H,6H2,1-2H3. The highest BCUT2D eigenvalue weighted by Gasteiger charge is 2.13. The molecule has 1 aromatic rings. The molecule has 4 heteroatoms. The zero-order valence-corrected chi connectivity index (χ0v) is 10.3. The number of aliphatic hydroxyl groups excluding tert-OH is 1. The number of aliphatic hydroxyl groups is 1. The van der Waals surface area contributed by atoms with Gasteiger partial charge >= 0.3 is 0 Å². The second-order valence-electron chi connectivity index (χ2n) is 3.80. The van der Waals surface area contributed by atoms with Gasteiger partial charge in [0.2, 0.25) is 0 Å². The molecular formula is C11H15Cl2NO. The predicted molar refractivity (Wildman–Crippen MR) is 65.8 cm³/mol. The van der Waals surface area contributed by atoms with E-state index in [1.54, 1.807) is 12.1 Å². The van der Waals surface area contributed by atoms with E-state index in [4.69, 9.17) is 23.2 Å². The second-order valence-corrected chi connectivity index (χ2v) is 4.65. The second kappa shape index (κ2) is 5.59. The smallest absolute Gasteiger partial charge is 0.0652 e. The van der Waals surface area contributed by atoms with Gasteiger partial charge in [0.15, 0.2) is 0 Å². The molecule has 0 saturated carbocycles. The van der Waals surface area contributed by atoms with E-state index in [-0.39, 0.29) is 12.6 Å². The highest BCUT2D eigenvalue weighted by Crippen LogP contribution is 2.26. The summed E-state index contributed by atoms with van der Waals surface area (Å²) in [6.45, 7) is 4.16. The third-order valence-electron chi connectivity index (χ3n) is 2.27. The van der Waals surface area contributed by atoms with Gasteiger partial charge in [0.1, 0.15) is 0 Å². The molecule has 0 aliphatic rings. The summed E-state index contributed by atoms with van der Waals surface area (Å²) in [5.41, 5.74) is 0.800. The normalized spacial score (nSPS) is 12.9. The van der Waals surface area contributed by atoms with Crippen molar-refractivity contribution in [2.45, 2.75) is 19.9 Å². The largest absolute Gasteiger partial charge is 0.394 e. The van der Waals surface area contributed by atoms with Crippen LogP contribution in [0, 0.1) is 5.92 Å². The van der Waals surface area contributed by atoms with Crippen LogP contribution in [0.4, 0.5) is 5.69 Å². The first-order valence-corrected chi connectivity index (χ1v) is 5.62. The van der Waals surface area contributed by atoms with Gasteiger partial charge < -0.3 is 10.4 Å². The van der Waals surface area contributed by atoms with E-state index in [9.17, 15) is 5.11 Å². The van der Waals surface area contributed by atoms with Crippen LogP contribution >= 0.6 is 23.2 Å². The van der Waals surface area contributed by atoms with E-state index in [1.165, 1.54) is 0 Å². The van der Waals surface area contributed by atoms with Crippen LogP contribution in [-0.2, 0) is 0 Å². The van der Waals surface area contributed by atoms with Gasteiger partial charge in [0.05, 0.1) is 23.4 Å². The third kappa shape index (κ3) is 3.56. The van der Waals surface area contributed by atoms with Crippen molar-refractivity contribution in [1.29, 1.82) is 0 Å².